The van der Waals surface area contributed by atoms with Crippen LogP contribution in [-0.4, -0.2) is 53.8 Å². The SMILES string of the molecule is CC(C)N.CCC(=O)OCOC(=O)NCP(=O)(O)OCC(=O)O. The second-order valence-electron chi connectivity index (χ2n) is 4.30. The van der Waals surface area contributed by atoms with Crippen molar-refractivity contribution in [3.05, 3.63) is 0 Å². The minimum atomic E-state index is -4.26. The van der Waals surface area contributed by atoms with E-state index >= 15 is 0 Å². The molecule has 11 nitrogen and oxygen atoms in total. The topological polar surface area (TPSA) is 174 Å². The van der Waals surface area contributed by atoms with Crippen molar-refractivity contribution in [1.82, 2.24) is 5.32 Å². The van der Waals surface area contributed by atoms with Crippen LogP contribution in [0.25, 0.3) is 0 Å². The summed E-state index contributed by atoms with van der Waals surface area (Å²) >= 11 is 0. The molecule has 0 heterocycles. The Labute approximate surface area is 133 Å². The summed E-state index contributed by atoms with van der Waals surface area (Å²) in [6.45, 7) is 3.83. The molecule has 0 saturated heterocycles. The predicted octanol–water partition coefficient (Wildman–Crippen LogP) is 0.221. The lowest BCUT2D eigenvalue weighted by Gasteiger charge is -2.11. The monoisotopic (exact) mass is 358 g/mol. The van der Waals surface area contributed by atoms with Crippen LogP contribution in [0.4, 0.5) is 4.79 Å². The maximum absolute atomic E-state index is 11.2. The van der Waals surface area contributed by atoms with Crippen LogP contribution in [0, 0.1) is 0 Å². The van der Waals surface area contributed by atoms with E-state index in [1.165, 1.54) is 0 Å². The average Bonchev–Trinajstić information content (AvgIpc) is 2.42. The second-order valence-corrected chi connectivity index (χ2v) is 6.15. The number of carbonyl (C=O) groups excluding carboxylic acids is 2. The van der Waals surface area contributed by atoms with Crippen LogP contribution in [0.15, 0.2) is 0 Å². The third-order valence-electron chi connectivity index (χ3n) is 1.51. The van der Waals surface area contributed by atoms with Gasteiger partial charge in [0, 0.05) is 6.42 Å². The molecule has 12 heteroatoms. The molecule has 0 bridgehead atoms. The number of hydrogen-bond acceptors (Lipinski definition) is 8. The number of carboxylic acid groups (broad SMARTS) is 1. The van der Waals surface area contributed by atoms with E-state index in [-0.39, 0.29) is 6.42 Å². The Balaban J connectivity index is 0. The summed E-state index contributed by atoms with van der Waals surface area (Å²) in [5.74, 6) is -2.01. The molecular weight excluding hydrogens is 335 g/mol. The van der Waals surface area contributed by atoms with Crippen LogP contribution in [0.3, 0.4) is 0 Å². The maximum Gasteiger partial charge on any atom is 0.410 e. The first-order chi connectivity index (χ1) is 10.5. The lowest BCUT2D eigenvalue weighted by molar-refractivity contribution is -0.151. The number of nitrogens with two attached hydrogens (primary N) is 1. The van der Waals surface area contributed by atoms with Crippen LogP contribution in [-0.2, 0) is 28.2 Å². The van der Waals surface area contributed by atoms with E-state index in [0.717, 1.165) is 0 Å². The summed E-state index contributed by atoms with van der Waals surface area (Å²) in [6.07, 6.45) is -1.84. The number of carbonyl (C=O) groups is 3. The van der Waals surface area contributed by atoms with Crippen molar-refractivity contribution in [3.8, 4) is 0 Å². The summed E-state index contributed by atoms with van der Waals surface area (Å²) in [5, 5.41) is 10.1. The minimum Gasteiger partial charge on any atom is -0.480 e. The molecule has 1 unspecified atom stereocenters. The Morgan fingerprint density at radius 1 is 1.26 bits per heavy atom. The van der Waals surface area contributed by atoms with Gasteiger partial charge in [0.25, 0.3) is 0 Å². The molecule has 0 spiro atoms. The Hall–Kier alpha value is -1.68. The molecule has 136 valence electrons. The number of esters is 1. The number of rotatable bonds is 8. The van der Waals surface area contributed by atoms with Crippen LogP contribution < -0.4 is 11.1 Å². The molecular formula is C11H23N2O9P. The lowest BCUT2D eigenvalue weighted by atomic mass is 10.5. The zero-order chi connectivity index (χ0) is 18.5. The van der Waals surface area contributed by atoms with Gasteiger partial charge >= 0.3 is 25.6 Å². The molecule has 0 aliphatic heterocycles. The van der Waals surface area contributed by atoms with Crippen LogP contribution in [0.1, 0.15) is 27.2 Å². The lowest BCUT2D eigenvalue weighted by Crippen LogP contribution is -2.27. The van der Waals surface area contributed by atoms with Crippen LogP contribution in [0.5, 0.6) is 0 Å². The molecule has 0 aliphatic carbocycles. The van der Waals surface area contributed by atoms with Crippen molar-refractivity contribution in [2.24, 2.45) is 5.73 Å². The van der Waals surface area contributed by atoms with Gasteiger partial charge in [0.15, 0.2) is 6.61 Å². The standard InChI is InChI=1S/C8H14NO9P.C3H9N/c1-2-7(12)16-5-17-8(13)9-4-19(14,15)18-3-6(10)11;1-3(2)4/h2-5H2,1H3,(H,9,13)(H,10,11)(H,14,15);3H,4H2,1-2H3. The van der Waals surface area contributed by atoms with Crippen LogP contribution >= 0.6 is 7.60 Å². The van der Waals surface area contributed by atoms with Crippen molar-refractivity contribution in [2.45, 2.75) is 33.2 Å². The largest absolute Gasteiger partial charge is 0.480 e. The van der Waals surface area contributed by atoms with E-state index in [2.05, 4.69) is 14.0 Å². The first-order valence-corrected chi connectivity index (χ1v) is 8.26. The number of carboxylic acids is 1. The number of amides is 1. The number of aliphatic carboxylic acids is 1. The smallest absolute Gasteiger partial charge is 0.410 e. The van der Waals surface area contributed by atoms with Gasteiger partial charge in [-0.05, 0) is 6.04 Å². The van der Waals surface area contributed by atoms with E-state index in [1.54, 1.807) is 6.92 Å². The molecule has 1 amide bonds. The van der Waals surface area contributed by atoms with Crippen molar-refractivity contribution < 1.29 is 42.9 Å². The number of alkyl carbamates (subject to hydrolysis) is 1. The van der Waals surface area contributed by atoms with Crippen molar-refractivity contribution in [1.29, 1.82) is 0 Å². The summed E-state index contributed by atoms with van der Waals surface area (Å²) in [5.41, 5.74) is 5.11. The summed E-state index contributed by atoms with van der Waals surface area (Å²) in [6, 6.07) is 0.333. The van der Waals surface area contributed by atoms with Gasteiger partial charge in [0.05, 0.1) is 0 Å². The zero-order valence-corrected chi connectivity index (χ0v) is 14.1. The number of hydrogen-bond donors (Lipinski definition) is 4. The third-order valence-corrected chi connectivity index (χ3v) is 2.60. The molecule has 23 heavy (non-hydrogen) atoms. The van der Waals surface area contributed by atoms with Gasteiger partial charge in [-0.3, -0.25) is 13.9 Å². The van der Waals surface area contributed by atoms with Gasteiger partial charge in [-0.15, -0.1) is 0 Å². The normalized spacial score (nSPS) is 12.4. The molecule has 0 radical (unpaired) electrons. The van der Waals surface area contributed by atoms with E-state index in [0.29, 0.717) is 6.04 Å². The van der Waals surface area contributed by atoms with Gasteiger partial charge in [-0.2, -0.15) is 0 Å². The molecule has 0 aliphatic rings. The Bertz CT molecular complexity index is 425. The van der Waals surface area contributed by atoms with E-state index in [9.17, 15) is 18.9 Å². The molecule has 1 atom stereocenters. The highest BCUT2D eigenvalue weighted by Crippen LogP contribution is 2.39. The minimum absolute atomic E-state index is 0.111. The fourth-order valence-corrected chi connectivity index (χ4v) is 1.40. The predicted molar refractivity (Wildman–Crippen MR) is 78.5 cm³/mol. The molecule has 5 N–H and O–H groups in total. The fraction of sp³-hybridized carbons (Fsp3) is 0.727. The van der Waals surface area contributed by atoms with Crippen molar-refractivity contribution in [3.63, 3.8) is 0 Å². The van der Waals surface area contributed by atoms with E-state index in [1.807, 2.05) is 19.2 Å². The number of ether oxygens (including phenoxy) is 2. The molecule has 0 aromatic rings. The quantitative estimate of drug-likeness (QED) is 0.267. The molecule has 0 aromatic heterocycles. The first-order valence-electron chi connectivity index (χ1n) is 6.50. The van der Waals surface area contributed by atoms with Gasteiger partial charge in [-0.1, -0.05) is 20.8 Å². The van der Waals surface area contributed by atoms with Crippen LogP contribution in [0.2, 0.25) is 0 Å². The highest BCUT2D eigenvalue weighted by atomic mass is 31.2. The Morgan fingerprint density at radius 2 is 1.78 bits per heavy atom. The van der Waals surface area contributed by atoms with E-state index < -0.39 is 45.3 Å². The average molecular weight is 358 g/mol. The van der Waals surface area contributed by atoms with Gasteiger partial charge < -0.3 is 30.5 Å². The molecule has 0 aromatic carbocycles. The Kier molecular flexibility index (Phi) is 13.1. The molecule has 0 saturated carbocycles. The van der Waals surface area contributed by atoms with Gasteiger partial charge in [0.2, 0.25) is 6.79 Å². The maximum atomic E-state index is 11.2. The highest BCUT2D eigenvalue weighted by molar-refractivity contribution is 7.52. The summed E-state index contributed by atoms with van der Waals surface area (Å²) in [4.78, 5) is 40.8. The van der Waals surface area contributed by atoms with Gasteiger partial charge in [-0.25, -0.2) is 9.59 Å². The third kappa shape index (κ3) is 20.3. The number of nitrogens with one attached hydrogen (secondary N) is 1. The summed E-state index contributed by atoms with van der Waals surface area (Å²) < 4.78 is 24.1. The van der Waals surface area contributed by atoms with Crippen molar-refractivity contribution >= 4 is 25.6 Å². The first kappa shape index (κ1) is 23.6. The highest BCUT2D eigenvalue weighted by Gasteiger charge is 2.22. The Morgan fingerprint density at radius 3 is 2.22 bits per heavy atom. The molecule has 0 rings (SSSR count). The second kappa shape index (κ2) is 12.8. The summed E-state index contributed by atoms with van der Waals surface area (Å²) in [7, 11) is -4.26. The van der Waals surface area contributed by atoms with Crippen molar-refractivity contribution in [2.75, 3.05) is 19.7 Å². The molecule has 0 fully saturated rings. The van der Waals surface area contributed by atoms with E-state index in [4.69, 9.17) is 15.7 Å². The van der Waals surface area contributed by atoms with Gasteiger partial charge in [0.1, 0.15) is 6.29 Å². The fourth-order valence-electron chi connectivity index (χ4n) is 0.668. The zero-order valence-electron chi connectivity index (χ0n) is 13.2.